The number of benzene rings is 1. The van der Waals surface area contributed by atoms with Crippen molar-refractivity contribution in [1.29, 1.82) is 0 Å². The molecule has 5 heteroatoms. The first-order chi connectivity index (χ1) is 9.47. The van der Waals surface area contributed by atoms with Gasteiger partial charge in [-0.1, -0.05) is 12.1 Å². The molecule has 0 unspecified atom stereocenters. The van der Waals surface area contributed by atoms with Crippen LogP contribution in [0.1, 0.15) is 27.2 Å². The zero-order valence-corrected chi connectivity index (χ0v) is 12.0. The van der Waals surface area contributed by atoms with Gasteiger partial charge in [0.15, 0.2) is 0 Å². The van der Waals surface area contributed by atoms with Gasteiger partial charge in [0.05, 0.1) is 5.56 Å². The van der Waals surface area contributed by atoms with Crippen molar-refractivity contribution < 1.29 is 14.3 Å². The second kappa shape index (κ2) is 6.05. The molecule has 1 aromatic carbocycles. The summed E-state index contributed by atoms with van der Waals surface area (Å²) in [6.07, 6.45) is 0. The summed E-state index contributed by atoms with van der Waals surface area (Å²) in [5.74, 6) is -0.706. The van der Waals surface area contributed by atoms with Crippen molar-refractivity contribution in [3.63, 3.8) is 0 Å². The lowest BCUT2D eigenvalue weighted by atomic mass is 10.1. The third-order valence-electron chi connectivity index (χ3n) is 2.81. The van der Waals surface area contributed by atoms with Gasteiger partial charge in [0.1, 0.15) is 10.8 Å². The zero-order valence-electron chi connectivity index (χ0n) is 11.2. The van der Waals surface area contributed by atoms with Crippen LogP contribution in [0, 0.1) is 19.7 Å². The van der Waals surface area contributed by atoms with Gasteiger partial charge >= 0.3 is 5.97 Å². The molecule has 3 nitrogen and oxygen atoms in total. The Hall–Kier alpha value is -1.88. The summed E-state index contributed by atoms with van der Waals surface area (Å²) < 4.78 is 12.8. The molecule has 0 radical (unpaired) electrons. The summed E-state index contributed by atoms with van der Waals surface area (Å²) in [6.45, 7) is 3.60. The average molecular weight is 291 g/mol. The van der Waals surface area contributed by atoms with Crippen molar-refractivity contribution >= 4 is 17.7 Å². The van der Waals surface area contributed by atoms with E-state index in [9.17, 15) is 14.3 Å². The van der Waals surface area contributed by atoms with Crippen molar-refractivity contribution in [2.75, 3.05) is 0 Å². The number of aromatic nitrogens is 1. The Morgan fingerprint density at radius 1 is 1.30 bits per heavy atom. The summed E-state index contributed by atoms with van der Waals surface area (Å²) in [5, 5.41) is 9.77. The van der Waals surface area contributed by atoms with Crippen LogP contribution < -0.4 is 0 Å². The van der Waals surface area contributed by atoms with Gasteiger partial charge < -0.3 is 5.11 Å². The van der Waals surface area contributed by atoms with Gasteiger partial charge in [-0.2, -0.15) is 0 Å². The summed E-state index contributed by atoms with van der Waals surface area (Å²) in [5.41, 5.74) is 2.65. The molecule has 1 N–H and O–H groups in total. The van der Waals surface area contributed by atoms with Gasteiger partial charge in [-0.15, -0.1) is 11.8 Å². The minimum Gasteiger partial charge on any atom is -0.478 e. The van der Waals surface area contributed by atoms with E-state index in [1.807, 2.05) is 6.92 Å². The van der Waals surface area contributed by atoms with Gasteiger partial charge in [0.2, 0.25) is 0 Å². The normalized spacial score (nSPS) is 10.6. The van der Waals surface area contributed by atoms with Crippen LogP contribution in [0.3, 0.4) is 0 Å². The number of carboxylic acid groups (broad SMARTS) is 1. The second-order valence-corrected chi connectivity index (χ2v) is 5.45. The van der Waals surface area contributed by atoms with E-state index in [1.165, 1.54) is 23.9 Å². The topological polar surface area (TPSA) is 50.2 Å². The van der Waals surface area contributed by atoms with E-state index in [1.54, 1.807) is 25.1 Å². The number of hydrogen-bond donors (Lipinski definition) is 1. The molecule has 2 aromatic rings. The first kappa shape index (κ1) is 14.5. The lowest BCUT2D eigenvalue weighted by Gasteiger charge is -2.09. The number of carboxylic acids is 1. The number of pyridine rings is 1. The maximum Gasteiger partial charge on any atom is 0.338 e. The number of aryl methyl sites for hydroxylation is 2. The van der Waals surface area contributed by atoms with Gasteiger partial charge in [0.25, 0.3) is 0 Å². The monoisotopic (exact) mass is 291 g/mol. The van der Waals surface area contributed by atoms with Gasteiger partial charge in [-0.25, -0.2) is 14.2 Å². The molecule has 0 atom stereocenters. The molecule has 0 amide bonds. The first-order valence-electron chi connectivity index (χ1n) is 6.06. The maximum absolute atomic E-state index is 12.8. The standard InChI is InChI=1S/C15H14FNO2S/c1-9-7-10(2)17-14(13(9)15(18)19)20-8-11-3-5-12(16)6-4-11/h3-7H,8H2,1-2H3,(H,18,19). The highest BCUT2D eigenvalue weighted by molar-refractivity contribution is 7.98. The van der Waals surface area contributed by atoms with E-state index in [4.69, 9.17) is 0 Å². The van der Waals surface area contributed by atoms with E-state index in [0.29, 0.717) is 16.3 Å². The molecule has 0 saturated heterocycles. The van der Waals surface area contributed by atoms with Crippen molar-refractivity contribution in [2.45, 2.75) is 24.6 Å². The van der Waals surface area contributed by atoms with Crippen LogP contribution in [0.25, 0.3) is 0 Å². The first-order valence-corrected chi connectivity index (χ1v) is 7.04. The van der Waals surface area contributed by atoms with E-state index < -0.39 is 5.97 Å². The van der Waals surface area contributed by atoms with Crippen LogP contribution in [0.5, 0.6) is 0 Å². The Balaban J connectivity index is 2.24. The average Bonchev–Trinajstić information content (AvgIpc) is 2.36. The molecule has 0 aliphatic rings. The van der Waals surface area contributed by atoms with Gasteiger partial charge in [-0.05, 0) is 43.2 Å². The molecule has 1 heterocycles. The van der Waals surface area contributed by atoms with E-state index in [0.717, 1.165) is 11.3 Å². The lowest BCUT2D eigenvalue weighted by molar-refractivity contribution is 0.0691. The highest BCUT2D eigenvalue weighted by atomic mass is 32.2. The Morgan fingerprint density at radius 2 is 1.95 bits per heavy atom. The van der Waals surface area contributed by atoms with Crippen molar-refractivity contribution in [3.8, 4) is 0 Å². The summed E-state index contributed by atoms with van der Waals surface area (Å²) in [6, 6.07) is 7.91. The Morgan fingerprint density at radius 3 is 2.55 bits per heavy atom. The van der Waals surface area contributed by atoms with Crippen LogP contribution in [0.2, 0.25) is 0 Å². The second-order valence-electron chi connectivity index (χ2n) is 4.48. The van der Waals surface area contributed by atoms with Gasteiger partial charge in [-0.3, -0.25) is 0 Å². The molecule has 0 aliphatic heterocycles. The number of nitrogens with zero attached hydrogens (tertiary/aromatic N) is 1. The third-order valence-corrected chi connectivity index (χ3v) is 3.86. The SMILES string of the molecule is Cc1cc(C)c(C(=O)O)c(SCc2ccc(F)cc2)n1. The highest BCUT2D eigenvalue weighted by Crippen LogP contribution is 2.27. The predicted octanol–water partition coefficient (Wildman–Crippen LogP) is 3.83. The molecule has 0 spiro atoms. The number of rotatable bonds is 4. The summed E-state index contributed by atoms with van der Waals surface area (Å²) in [7, 11) is 0. The molecule has 20 heavy (non-hydrogen) atoms. The highest BCUT2D eigenvalue weighted by Gasteiger charge is 2.16. The van der Waals surface area contributed by atoms with E-state index in [2.05, 4.69) is 4.98 Å². The minimum atomic E-state index is -0.975. The molecule has 1 aromatic heterocycles. The van der Waals surface area contributed by atoms with Crippen molar-refractivity contribution in [2.24, 2.45) is 0 Å². The zero-order chi connectivity index (χ0) is 14.7. The number of aromatic carboxylic acids is 1. The summed E-state index contributed by atoms with van der Waals surface area (Å²) in [4.78, 5) is 15.6. The molecule has 0 aliphatic carbocycles. The minimum absolute atomic E-state index is 0.239. The Labute approximate surface area is 120 Å². The quantitative estimate of drug-likeness (QED) is 0.870. The van der Waals surface area contributed by atoms with Crippen LogP contribution >= 0.6 is 11.8 Å². The smallest absolute Gasteiger partial charge is 0.338 e. The van der Waals surface area contributed by atoms with Gasteiger partial charge in [0, 0.05) is 11.4 Å². The maximum atomic E-state index is 12.8. The molecule has 2 rings (SSSR count). The summed E-state index contributed by atoms with van der Waals surface area (Å²) >= 11 is 1.35. The molecule has 0 saturated carbocycles. The van der Waals surface area contributed by atoms with Crippen LogP contribution in [-0.2, 0) is 5.75 Å². The van der Waals surface area contributed by atoms with Crippen LogP contribution in [0.4, 0.5) is 4.39 Å². The van der Waals surface area contributed by atoms with E-state index >= 15 is 0 Å². The number of halogens is 1. The number of hydrogen-bond acceptors (Lipinski definition) is 3. The fraction of sp³-hybridized carbons (Fsp3) is 0.200. The fourth-order valence-electron chi connectivity index (χ4n) is 1.90. The Bertz CT molecular complexity index is 641. The number of carbonyl (C=O) groups is 1. The molecule has 0 bridgehead atoms. The Kier molecular flexibility index (Phi) is 4.39. The third kappa shape index (κ3) is 3.36. The largest absolute Gasteiger partial charge is 0.478 e. The predicted molar refractivity (Wildman–Crippen MR) is 76.6 cm³/mol. The fourth-order valence-corrected chi connectivity index (χ4v) is 3.00. The van der Waals surface area contributed by atoms with Crippen LogP contribution in [-0.4, -0.2) is 16.1 Å². The molecular formula is C15H14FNO2S. The van der Waals surface area contributed by atoms with Crippen molar-refractivity contribution in [1.82, 2.24) is 4.98 Å². The number of thioether (sulfide) groups is 1. The lowest BCUT2D eigenvalue weighted by Crippen LogP contribution is -2.05. The van der Waals surface area contributed by atoms with E-state index in [-0.39, 0.29) is 11.4 Å². The molecule has 104 valence electrons. The molecule has 0 fully saturated rings. The van der Waals surface area contributed by atoms with Crippen molar-refractivity contribution in [3.05, 3.63) is 58.5 Å². The molecular weight excluding hydrogens is 277 g/mol. The van der Waals surface area contributed by atoms with Crippen LogP contribution in [0.15, 0.2) is 35.4 Å².